The van der Waals surface area contributed by atoms with Crippen molar-refractivity contribution in [1.29, 1.82) is 0 Å². The average Bonchev–Trinajstić information content (AvgIpc) is 2.47. The maximum absolute atomic E-state index is 12.5. The number of piperidine rings is 1. The normalized spacial score (nSPS) is 24.1. The van der Waals surface area contributed by atoms with E-state index in [-0.39, 0.29) is 5.91 Å². The van der Waals surface area contributed by atoms with Crippen LogP contribution in [0.15, 0.2) is 24.3 Å². The number of hydrogen-bond acceptors (Lipinski definition) is 2. The van der Waals surface area contributed by atoms with Gasteiger partial charge < -0.3 is 4.90 Å². The lowest BCUT2D eigenvalue weighted by molar-refractivity contribution is 0.0372. The molecule has 102 valence electrons. The van der Waals surface area contributed by atoms with Crippen molar-refractivity contribution in [1.82, 2.24) is 9.80 Å². The van der Waals surface area contributed by atoms with Gasteiger partial charge in [-0.3, -0.25) is 9.69 Å². The second kappa shape index (κ2) is 5.79. The molecule has 1 aromatic rings. The molecule has 2 heterocycles. The maximum atomic E-state index is 12.5. The zero-order valence-corrected chi connectivity index (χ0v) is 13.2. The minimum atomic E-state index is 0.196. The zero-order chi connectivity index (χ0) is 13.2. The molecule has 0 aromatic heterocycles. The highest BCUT2D eigenvalue weighted by Crippen LogP contribution is 2.22. The van der Waals surface area contributed by atoms with Crippen LogP contribution in [-0.2, 0) is 0 Å². The zero-order valence-electron chi connectivity index (χ0n) is 11.0. The third kappa shape index (κ3) is 2.94. The Morgan fingerprint density at radius 3 is 2.68 bits per heavy atom. The van der Waals surface area contributed by atoms with Gasteiger partial charge in [0.25, 0.3) is 5.91 Å². The summed E-state index contributed by atoms with van der Waals surface area (Å²) in [6.45, 7) is 4.04. The fourth-order valence-corrected chi connectivity index (χ4v) is 3.48. The summed E-state index contributed by atoms with van der Waals surface area (Å²) < 4.78 is 1.17. The minimum Gasteiger partial charge on any atom is -0.336 e. The lowest BCUT2D eigenvalue weighted by Crippen LogP contribution is -2.56. The number of halogens is 1. The molecule has 2 saturated heterocycles. The first-order valence-electron chi connectivity index (χ1n) is 7.03. The number of rotatable bonds is 1. The van der Waals surface area contributed by atoms with Crippen molar-refractivity contribution in [3.63, 3.8) is 0 Å². The summed E-state index contributed by atoms with van der Waals surface area (Å²) in [6.07, 6.45) is 3.88. The average molecular weight is 370 g/mol. The summed E-state index contributed by atoms with van der Waals surface area (Å²) in [7, 11) is 0. The first kappa shape index (κ1) is 13.4. The number of carbonyl (C=O) groups is 1. The van der Waals surface area contributed by atoms with E-state index in [0.29, 0.717) is 6.04 Å². The second-order valence-electron chi connectivity index (χ2n) is 5.44. The van der Waals surface area contributed by atoms with E-state index >= 15 is 0 Å². The molecule has 0 spiro atoms. The molecule has 1 unspecified atom stereocenters. The Labute approximate surface area is 128 Å². The monoisotopic (exact) mass is 370 g/mol. The van der Waals surface area contributed by atoms with Gasteiger partial charge in [-0.25, -0.2) is 0 Å². The SMILES string of the molecule is O=C(c1ccc(I)cc1)N1CCN2CCCCC2C1. The minimum absolute atomic E-state index is 0.196. The van der Waals surface area contributed by atoms with E-state index < -0.39 is 0 Å². The third-order valence-electron chi connectivity index (χ3n) is 4.22. The standard InChI is InChI=1S/C15H19IN2O/c16-13-6-4-12(5-7-13)15(19)18-10-9-17-8-2-1-3-14(17)11-18/h4-7,14H,1-3,8-11H2. The fraction of sp³-hybridized carbons (Fsp3) is 0.533. The van der Waals surface area contributed by atoms with Gasteiger partial charge in [0.05, 0.1) is 0 Å². The Bertz CT molecular complexity index is 460. The van der Waals surface area contributed by atoms with Crippen LogP contribution in [-0.4, -0.2) is 47.9 Å². The molecule has 3 rings (SSSR count). The smallest absolute Gasteiger partial charge is 0.253 e. The summed E-state index contributed by atoms with van der Waals surface area (Å²) in [5.74, 6) is 0.196. The molecular formula is C15H19IN2O. The molecule has 0 saturated carbocycles. The van der Waals surface area contributed by atoms with E-state index in [1.165, 1.54) is 29.4 Å². The first-order chi connectivity index (χ1) is 9.24. The Kier molecular flexibility index (Phi) is 4.07. The van der Waals surface area contributed by atoms with E-state index in [2.05, 4.69) is 27.5 Å². The number of fused-ring (bicyclic) bond motifs is 1. The second-order valence-corrected chi connectivity index (χ2v) is 6.69. The molecule has 0 bridgehead atoms. The number of piperazine rings is 1. The van der Waals surface area contributed by atoms with Crippen LogP contribution in [0.5, 0.6) is 0 Å². The molecule has 1 amide bonds. The summed E-state index contributed by atoms with van der Waals surface area (Å²) >= 11 is 2.27. The summed E-state index contributed by atoms with van der Waals surface area (Å²) in [4.78, 5) is 17.1. The van der Waals surface area contributed by atoms with Crippen LogP contribution in [0.1, 0.15) is 29.6 Å². The Balaban J connectivity index is 1.69. The lowest BCUT2D eigenvalue weighted by atomic mass is 9.99. The predicted octanol–water partition coefficient (Wildman–Crippen LogP) is 2.60. The van der Waals surface area contributed by atoms with Crippen LogP contribution in [0.2, 0.25) is 0 Å². The topological polar surface area (TPSA) is 23.6 Å². The lowest BCUT2D eigenvalue weighted by Gasteiger charge is -2.44. The Morgan fingerprint density at radius 2 is 1.89 bits per heavy atom. The van der Waals surface area contributed by atoms with Gasteiger partial charge in [-0.15, -0.1) is 0 Å². The molecule has 0 N–H and O–H groups in total. The summed E-state index contributed by atoms with van der Waals surface area (Å²) in [5.41, 5.74) is 0.824. The van der Waals surface area contributed by atoms with E-state index in [1.807, 2.05) is 29.2 Å². The van der Waals surface area contributed by atoms with Crippen LogP contribution >= 0.6 is 22.6 Å². The van der Waals surface area contributed by atoms with E-state index in [0.717, 1.165) is 25.2 Å². The van der Waals surface area contributed by atoms with Gasteiger partial charge in [0.2, 0.25) is 0 Å². The van der Waals surface area contributed by atoms with Gasteiger partial charge in [0, 0.05) is 34.8 Å². The third-order valence-corrected chi connectivity index (χ3v) is 4.93. The molecule has 19 heavy (non-hydrogen) atoms. The van der Waals surface area contributed by atoms with Gasteiger partial charge in [-0.05, 0) is 66.2 Å². The van der Waals surface area contributed by atoms with Crippen molar-refractivity contribution in [2.75, 3.05) is 26.2 Å². The van der Waals surface area contributed by atoms with Gasteiger partial charge >= 0.3 is 0 Å². The van der Waals surface area contributed by atoms with Crippen LogP contribution in [0, 0.1) is 3.57 Å². The number of hydrogen-bond donors (Lipinski definition) is 0. The van der Waals surface area contributed by atoms with Crippen LogP contribution in [0.3, 0.4) is 0 Å². The highest BCUT2D eigenvalue weighted by atomic mass is 127. The predicted molar refractivity (Wildman–Crippen MR) is 84.3 cm³/mol. The van der Waals surface area contributed by atoms with Gasteiger partial charge in [0.1, 0.15) is 0 Å². The number of carbonyl (C=O) groups excluding carboxylic acids is 1. The highest BCUT2D eigenvalue weighted by Gasteiger charge is 2.31. The van der Waals surface area contributed by atoms with E-state index in [9.17, 15) is 4.79 Å². The molecule has 2 aliphatic rings. The van der Waals surface area contributed by atoms with Gasteiger partial charge in [-0.2, -0.15) is 0 Å². The molecule has 0 aliphatic carbocycles. The molecular weight excluding hydrogens is 351 g/mol. The molecule has 2 fully saturated rings. The molecule has 1 aromatic carbocycles. The van der Waals surface area contributed by atoms with Crippen LogP contribution in [0.4, 0.5) is 0 Å². The molecule has 0 radical (unpaired) electrons. The first-order valence-corrected chi connectivity index (χ1v) is 8.11. The molecule has 3 nitrogen and oxygen atoms in total. The van der Waals surface area contributed by atoms with Crippen molar-refractivity contribution in [3.05, 3.63) is 33.4 Å². The van der Waals surface area contributed by atoms with Crippen molar-refractivity contribution in [2.24, 2.45) is 0 Å². The van der Waals surface area contributed by atoms with Gasteiger partial charge in [-0.1, -0.05) is 6.42 Å². The van der Waals surface area contributed by atoms with Crippen molar-refractivity contribution < 1.29 is 4.79 Å². The fourth-order valence-electron chi connectivity index (χ4n) is 3.12. The number of nitrogens with zero attached hydrogens (tertiary/aromatic N) is 2. The van der Waals surface area contributed by atoms with Crippen molar-refractivity contribution in [3.8, 4) is 0 Å². The van der Waals surface area contributed by atoms with Crippen LogP contribution in [0.25, 0.3) is 0 Å². The molecule has 4 heteroatoms. The number of benzene rings is 1. The van der Waals surface area contributed by atoms with Crippen molar-refractivity contribution in [2.45, 2.75) is 25.3 Å². The Morgan fingerprint density at radius 1 is 1.11 bits per heavy atom. The van der Waals surface area contributed by atoms with E-state index in [4.69, 9.17) is 0 Å². The highest BCUT2D eigenvalue weighted by molar-refractivity contribution is 14.1. The molecule has 2 aliphatic heterocycles. The molecule has 1 atom stereocenters. The van der Waals surface area contributed by atoms with E-state index in [1.54, 1.807) is 0 Å². The van der Waals surface area contributed by atoms with Crippen molar-refractivity contribution >= 4 is 28.5 Å². The van der Waals surface area contributed by atoms with Gasteiger partial charge in [0.15, 0.2) is 0 Å². The Hall–Kier alpha value is -0.620. The summed E-state index contributed by atoms with van der Waals surface area (Å²) in [5, 5.41) is 0. The number of amides is 1. The van der Waals surface area contributed by atoms with Crippen LogP contribution < -0.4 is 0 Å². The quantitative estimate of drug-likeness (QED) is 0.710. The largest absolute Gasteiger partial charge is 0.336 e. The summed E-state index contributed by atoms with van der Waals surface area (Å²) in [6, 6.07) is 8.49. The maximum Gasteiger partial charge on any atom is 0.253 e.